The van der Waals surface area contributed by atoms with Crippen LogP contribution in [0, 0.1) is 27.7 Å². The smallest absolute Gasteiger partial charge is 0.387 e. The van der Waals surface area contributed by atoms with E-state index in [9.17, 15) is 48.7 Å². The van der Waals surface area contributed by atoms with Gasteiger partial charge in [-0.05, 0) is 57.7 Å². The molecule has 14 rings (SSSR count). The molecule has 6 aliphatic heterocycles. The van der Waals surface area contributed by atoms with Crippen molar-refractivity contribution in [2.24, 2.45) is 0 Å². The molecule has 11 unspecified atom stereocenters. The third-order valence-electron chi connectivity index (χ3n) is 23.1. The first-order valence-corrected chi connectivity index (χ1v) is 53.9. The average molecular weight is 2150 g/mol. The number of fused-ring (bicyclic) bond motifs is 2. The van der Waals surface area contributed by atoms with Crippen LogP contribution >= 0.6 is 48.1 Å². The van der Waals surface area contributed by atoms with Crippen molar-refractivity contribution in [2.45, 2.75) is 189 Å². The van der Waals surface area contributed by atoms with Crippen molar-refractivity contribution in [3.63, 3.8) is 0 Å². The average Bonchev–Trinajstić information content (AvgIpc) is 1.60. The number of methoxy groups -OCH3 is 5. The van der Waals surface area contributed by atoms with E-state index in [4.69, 9.17) is 169 Å². The molecule has 0 amide bonds. The molecule has 16 N–H and O–H groups in total. The van der Waals surface area contributed by atoms with Crippen LogP contribution in [0.25, 0.3) is 22.3 Å². The Bertz CT molecular complexity index is 6300. The standard InChI is InChI=1S/C74H108N21O38P5S3/c1-11-38-39(20-45(123-38)94-32-84-46-61(78)80-30-82-63(46)94)129-136(106,139)121-28-43-50(55(115-17-13-110-7)68(126-43)92-23-36(4)60(77)88-73(92)100)131-135(104,105)118-26-41-49(54(113-10)67(125-41)91-22-35(3)59(76)87-72(91)99)130-134(102,103)119-27-42-51(57(117-19-15-112-9)70(128-42)95-33-85-47-62(79)81-31-83-64(47)95)132-138(108,141)122-29-44-52(56(116-18-14-111-8)69(127-44)93-24-37(5)65(97)89-74(93)101)133-137(107,140)120-25-40-48(96)53(114-16-12-109-6)66(124-40)90-21-34(2)58(75)86-71(90)98/h21-24,30-33,38-45,48-57,66-70,96H,11-20,25-29H2,1-10H3,(H,102,103)(H,104,105)(H,106,139)(H,107,140)(H,108,141)(H2,75,86,98)(H2,76,87,99)(H2,77,88,100)(H2,78,80,82)(H2,79,81,83)(H,89,97,101)/t38-,39?,40-,41-,42-,43-,44-,45-,48?,49?,50?,51?,52?,53+,54+,55+,56+,57+,66-,67-,68-,69-,70-,136?,137?,138?/m1/s1. The van der Waals surface area contributed by atoms with E-state index in [0.717, 1.165) is 37.9 Å². The molecule has 0 saturated carbocycles. The number of hydrogen-bond donors (Lipinski definition) is 12. The summed E-state index contributed by atoms with van der Waals surface area (Å²) in [4.78, 5) is 156. The second-order valence-electron chi connectivity index (χ2n) is 32.5. The molecule has 0 bridgehead atoms. The van der Waals surface area contributed by atoms with Crippen LogP contribution in [0.2, 0.25) is 0 Å². The Balaban J connectivity index is 0.740. The molecule has 28 atom stereocenters. The lowest BCUT2D eigenvalue weighted by molar-refractivity contribution is -0.0835. The minimum absolute atomic E-state index is 0.00527. The molecule has 0 spiro atoms. The fourth-order valence-electron chi connectivity index (χ4n) is 16.2. The number of phosphoric acid groups is 2. The van der Waals surface area contributed by atoms with Crippen molar-refractivity contribution in [2.75, 3.05) is 150 Å². The van der Waals surface area contributed by atoms with Gasteiger partial charge in [0.25, 0.3) is 5.56 Å². The van der Waals surface area contributed by atoms with Crippen molar-refractivity contribution in [3.05, 3.63) is 125 Å². The van der Waals surface area contributed by atoms with Crippen molar-refractivity contribution >= 4 is 123 Å². The summed E-state index contributed by atoms with van der Waals surface area (Å²) in [6.07, 6.45) is -26.0. The lowest BCUT2D eigenvalue weighted by atomic mass is 10.1. The van der Waals surface area contributed by atoms with Gasteiger partial charge in [-0.2, -0.15) is 15.0 Å². The van der Waals surface area contributed by atoms with Gasteiger partial charge in [0.2, 0.25) is 0 Å². The van der Waals surface area contributed by atoms with Crippen LogP contribution < -0.4 is 57.0 Å². The number of phosphoric ester groups is 2. The van der Waals surface area contributed by atoms with Gasteiger partial charge in [0.05, 0.1) is 111 Å². The second-order valence-corrected chi connectivity index (χ2v) is 43.8. The van der Waals surface area contributed by atoms with Crippen LogP contribution in [0.15, 0.2) is 74.1 Å². The summed E-state index contributed by atoms with van der Waals surface area (Å²) >= 11 is 15.7. The maximum atomic E-state index is 15.6. The van der Waals surface area contributed by atoms with Gasteiger partial charge in [-0.1, -0.05) is 19.2 Å². The molecule has 6 aliphatic rings. The number of aromatic nitrogens is 16. The summed E-state index contributed by atoms with van der Waals surface area (Å²) in [5.41, 5.74) is 27.1. The molecular formula is C74H108N21O38P5S3. The number of nitrogens with two attached hydrogens (primary N) is 5. The number of anilines is 5. The predicted molar refractivity (Wildman–Crippen MR) is 493 cm³/mol. The molecule has 14 heterocycles. The summed E-state index contributed by atoms with van der Waals surface area (Å²) in [5.74, 6) is -0.477. The number of nitrogens with zero attached hydrogens (tertiary/aromatic N) is 15. The zero-order chi connectivity index (χ0) is 102. The van der Waals surface area contributed by atoms with Gasteiger partial charge in [0, 0.05) is 89.0 Å². The van der Waals surface area contributed by atoms with Gasteiger partial charge in [-0.25, -0.2) is 62.8 Å². The van der Waals surface area contributed by atoms with Crippen LogP contribution in [0.4, 0.5) is 29.1 Å². The molecular weight excluding hydrogens is 2040 g/mol. The van der Waals surface area contributed by atoms with Crippen molar-refractivity contribution in [3.8, 4) is 0 Å². The Morgan fingerprint density at radius 1 is 0.426 bits per heavy atom. The maximum Gasteiger partial charge on any atom is 0.472 e. The van der Waals surface area contributed by atoms with Crippen molar-refractivity contribution in [1.29, 1.82) is 0 Å². The van der Waals surface area contributed by atoms with Crippen LogP contribution in [0.5, 0.6) is 0 Å². The Morgan fingerprint density at radius 2 is 0.794 bits per heavy atom. The van der Waals surface area contributed by atoms with E-state index in [1.807, 2.05) is 0 Å². The number of aryl methyl sites for hydroxylation is 4. The Kier molecular flexibility index (Phi) is 36.2. The van der Waals surface area contributed by atoms with Gasteiger partial charge in [0.1, 0.15) is 139 Å². The minimum atomic E-state index is -5.86. The number of H-pyrrole nitrogens is 1. The highest BCUT2D eigenvalue weighted by Crippen LogP contribution is 2.60. The van der Waals surface area contributed by atoms with E-state index >= 15 is 13.7 Å². The SMILES string of the molecule is CC[C@H]1O[C@@H](n2cnc3c(N)ncnc32)CC1OP(O)(=S)OC[C@H]1O[C@@H](n2cc(C)c(N)nc2=O)[C@@H](OCCOC)C1OP(=O)(O)OC[C@H]1O[C@@H](n2cc(C)c(N)nc2=O)[C@@H](OC)C1OP(=O)(O)OC[C@H]1O[C@@H](n2cnc3c(N)ncnc32)[C@@H](OCCOC)C1OP(=O)(S)OC[C@H]1O[C@@H](n2cc(C)c(=O)[nH]c2=O)[C@@H](OCCOC)C1OP(O)(=S)OC[C@H]1O[C@@H](n2cc(C)c(N)nc2=O)[C@@H](OCCOC)C1O. The van der Waals surface area contributed by atoms with E-state index in [2.05, 4.69) is 62.1 Å². The summed E-state index contributed by atoms with van der Waals surface area (Å²) in [5, 5.41) is 11.8. The number of nitrogen functional groups attached to an aromatic ring is 5. The summed E-state index contributed by atoms with van der Waals surface area (Å²) in [6, 6.07) is 0. The fraction of sp³-hybridized carbons (Fsp3) is 0.649. The second kappa shape index (κ2) is 46.7. The monoisotopic (exact) mass is 2150 g/mol. The maximum absolute atomic E-state index is 15.6. The molecule has 67 heteroatoms. The number of nitrogens with one attached hydrogen (secondary N) is 1. The molecule has 780 valence electrons. The molecule has 0 aromatic carbocycles. The van der Waals surface area contributed by atoms with Crippen LogP contribution in [0.1, 0.15) is 79.4 Å². The largest absolute Gasteiger partial charge is 0.472 e. The Hall–Kier alpha value is -7.44. The summed E-state index contributed by atoms with van der Waals surface area (Å²) < 4.78 is 203. The number of rotatable bonds is 49. The molecule has 8 aromatic rings. The van der Waals surface area contributed by atoms with Gasteiger partial charge < -0.3 is 138 Å². The zero-order valence-electron chi connectivity index (χ0n) is 76.8. The van der Waals surface area contributed by atoms with Crippen LogP contribution in [0.3, 0.4) is 0 Å². The van der Waals surface area contributed by atoms with Crippen molar-refractivity contribution < 1.29 is 155 Å². The quantitative estimate of drug-likeness (QED) is 0.0130. The third-order valence-corrected chi connectivity index (χ3v) is 29.9. The minimum Gasteiger partial charge on any atom is -0.387 e. The number of aliphatic hydroxyl groups excluding tert-OH is 1. The van der Waals surface area contributed by atoms with Gasteiger partial charge >= 0.3 is 58.6 Å². The highest BCUT2D eigenvalue weighted by atomic mass is 32.7. The molecule has 6 fully saturated rings. The first kappa shape index (κ1) is 109. The highest BCUT2D eigenvalue weighted by Gasteiger charge is 2.59. The number of aliphatic hydroxyl groups is 1. The Labute approximate surface area is 814 Å². The number of imidazole rings is 2. The third kappa shape index (κ3) is 25.5. The van der Waals surface area contributed by atoms with Crippen molar-refractivity contribution in [1.82, 2.24) is 77.2 Å². The van der Waals surface area contributed by atoms with Crippen LogP contribution in [-0.4, -0.2) is 327 Å². The molecule has 0 aliphatic carbocycles. The van der Waals surface area contributed by atoms with Gasteiger partial charge in [0.15, 0.2) is 54.1 Å². The first-order valence-electron chi connectivity index (χ1n) is 43.1. The van der Waals surface area contributed by atoms with E-state index in [0.29, 0.717) is 23.1 Å². The topological polar surface area (TPSA) is 760 Å². The van der Waals surface area contributed by atoms with Crippen LogP contribution in [-0.2, 0) is 154 Å². The number of hydrogen-bond acceptors (Lipinski definition) is 50. The zero-order valence-corrected chi connectivity index (χ0v) is 83.8. The first-order chi connectivity index (χ1) is 67.0. The molecule has 8 aromatic heterocycles. The summed E-state index contributed by atoms with van der Waals surface area (Å²) in [6.45, 7) is -13.2. The number of thiol groups is 1. The van der Waals surface area contributed by atoms with E-state index in [1.54, 1.807) is 18.4 Å². The number of aromatic amines is 1. The van der Waals surface area contributed by atoms with E-state index in [1.165, 1.54) is 91.3 Å². The molecule has 6 saturated heterocycles. The number of ether oxygens (including phenoxy) is 15. The van der Waals surface area contributed by atoms with Gasteiger partial charge in [-0.15, -0.1) is 0 Å². The van der Waals surface area contributed by atoms with E-state index in [-0.39, 0.29) is 116 Å². The molecule has 0 radical (unpaired) electrons. The predicted octanol–water partition coefficient (Wildman–Crippen LogP) is -0.500. The normalized spacial score (nSPS) is 29.7. The Morgan fingerprint density at radius 3 is 1.26 bits per heavy atom. The van der Waals surface area contributed by atoms with E-state index < -0.39 is 238 Å². The lowest BCUT2D eigenvalue weighted by Crippen LogP contribution is -2.41. The fourth-order valence-corrected chi connectivity index (χ4v) is 22.5. The molecule has 141 heavy (non-hydrogen) atoms. The van der Waals surface area contributed by atoms with Gasteiger partial charge in [-0.3, -0.25) is 68.8 Å². The highest BCUT2D eigenvalue weighted by molar-refractivity contribution is 8.44. The summed E-state index contributed by atoms with van der Waals surface area (Å²) in [7, 11) is -5.14. The lowest BCUT2D eigenvalue weighted by Gasteiger charge is -2.30. The molecule has 59 nitrogen and oxygen atoms in total.